The van der Waals surface area contributed by atoms with Crippen molar-refractivity contribution in [3.8, 4) is 0 Å². The van der Waals surface area contributed by atoms with Crippen LogP contribution in [0.3, 0.4) is 0 Å². The molecule has 106 valence electrons. The van der Waals surface area contributed by atoms with Gasteiger partial charge in [-0.15, -0.1) is 0 Å². The summed E-state index contributed by atoms with van der Waals surface area (Å²) in [5.41, 5.74) is 1.75. The van der Waals surface area contributed by atoms with E-state index in [-0.39, 0.29) is 0 Å². The van der Waals surface area contributed by atoms with Crippen molar-refractivity contribution < 1.29 is 0 Å². The van der Waals surface area contributed by atoms with E-state index in [9.17, 15) is 0 Å². The molecule has 2 aromatic rings. The molecular weight excluding hydrogens is 295 g/mol. The minimum atomic E-state index is 0.597. The fourth-order valence-electron chi connectivity index (χ4n) is 1.90. The van der Waals surface area contributed by atoms with Crippen LogP contribution >= 0.6 is 23.2 Å². The molecule has 1 aromatic carbocycles. The third-order valence-corrected chi connectivity index (χ3v) is 3.39. The second-order valence-electron chi connectivity index (χ2n) is 4.18. The first-order valence-electron chi connectivity index (χ1n) is 6.45. The van der Waals surface area contributed by atoms with Gasteiger partial charge in [-0.3, -0.25) is 0 Å². The summed E-state index contributed by atoms with van der Waals surface area (Å²) < 4.78 is 0. The molecule has 4 nitrogen and oxygen atoms in total. The largest absolute Gasteiger partial charge is 0.370 e. The number of hydrogen-bond acceptors (Lipinski definition) is 4. The van der Waals surface area contributed by atoms with Gasteiger partial charge in [-0.25, -0.2) is 9.97 Å². The molecule has 0 saturated carbocycles. The van der Waals surface area contributed by atoms with Gasteiger partial charge < -0.3 is 10.6 Å². The highest BCUT2D eigenvalue weighted by Crippen LogP contribution is 2.30. The zero-order valence-electron chi connectivity index (χ0n) is 11.4. The molecule has 0 aliphatic carbocycles. The molecule has 0 aliphatic heterocycles. The van der Waals surface area contributed by atoms with Crippen LogP contribution in [-0.2, 0) is 6.42 Å². The predicted octanol–water partition coefficient (Wildman–Crippen LogP) is 4.52. The quantitative estimate of drug-likeness (QED) is 0.852. The fraction of sp³-hybridized carbons (Fsp3) is 0.286. The van der Waals surface area contributed by atoms with E-state index in [0.717, 1.165) is 35.9 Å². The number of aromatic nitrogens is 2. The van der Waals surface area contributed by atoms with Crippen molar-refractivity contribution in [2.24, 2.45) is 0 Å². The maximum atomic E-state index is 6.16. The van der Waals surface area contributed by atoms with Crippen LogP contribution in [0.25, 0.3) is 0 Å². The first-order valence-corrected chi connectivity index (χ1v) is 7.21. The van der Waals surface area contributed by atoms with Gasteiger partial charge in [0.1, 0.15) is 18.0 Å². The molecule has 0 bridgehead atoms. The van der Waals surface area contributed by atoms with Crippen LogP contribution in [0, 0.1) is 0 Å². The van der Waals surface area contributed by atoms with Gasteiger partial charge in [0.05, 0.1) is 10.7 Å². The van der Waals surface area contributed by atoms with Crippen LogP contribution < -0.4 is 10.6 Å². The Labute approximate surface area is 128 Å². The van der Waals surface area contributed by atoms with Gasteiger partial charge >= 0.3 is 0 Å². The third kappa shape index (κ3) is 3.32. The highest BCUT2D eigenvalue weighted by atomic mass is 35.5. The van der Waals surface area contributed by atoms with Crippen LogP contribution in [0.5, 0.6) is 0 Å². The number of nitrogens with one attached hydrogen (secondary N) is 2. The summed E-state index contributed by atoms with van der Waals surface area (Å²) >= 11 is 12.2. The summed E-state index contributed by atoms with van der Waals surface area (Å²) in [6, 6.07) is 5.28. The summed E-state index contributed by atoms with van der Waals surface area (Å²) in [4.78, 5) is 8.55. The number of nitrogens with zero attached hydrogens (tertiary/aromatic N) is 2. The van der Waals surface area contributed by atoms with E-state index in [4.69, 9.17) is 23.2 Å². The number of halogens is 2. The minimum absolute atomic E-state index is 0.597. The van der Waals surface area contributed by atoms with E-state index in [1.54, 1.807) is 18.2 Å². The summed E-state index contributed by atoms with van der Waals surface area (Å²) in [7, 11) is 0. The summed E-state index contributed by atoms with van der Waals surface area (Å²) in [5, 5.41) is 7.67. The van der Waals surface area contributed by atoms with Crippen molar-refractivity contribution in [3.63, 3.8) is 0 Å². The van der Waals surface area contributed by atoms with Gasteiger partial charge in [0, 0.05) is 17.1 Å². The second kappa shape index (κ2) is 6.77. The van der Waals surface area contributed by atoms with Crippen LogP contribution in [0.4, 0.5) is 17.3 Å². The van der Waals surface area contributed by atoms with Gasteiger partial charge in [0.15, 0.2) is 0 Å². The van der Waals surface area contributed by atoms with Crippen molar-refractivity contribution in [1.29, 1.82) is 0 Å². The highest BCUT2D eigenvalue weighted by molar-refractivity contribution is 6.35. The van der Waals surface area contributed by atoms with Gasteiger partial charge in [-0.1, -0.05) is 30.1 Å². The smallest absolute Gasteiger partial charge is 0.139 e. The lowest BCUT2D eigenvalue weighted by Crippen LogP contribution is -2.07. The Hall–Kier alpha value is -1.52. The normalized spacial score (nSPS) is 10.4. The number of hydrogen-bond donors (Lipinski definition) is 2. The average Bonchev–Trinajstić information content (AvgIpc) is 2.43. The Morgan fingerprint density at radius 1 is 1.10 bits per heavy atom. The zero-order chi connectivity index (χ0) is 14.5. The van der Waals surface area contributed by atoms with Crippen molar-refractivity contribution >= 4 is 40.5 Å². The average molecular weight is 311 g/mol. The third-order valence-electron chi connectivity index (χ3n) is 2.82. The Balaban J connectivity index is 2.37. The molecule has 2 N–H and O–H groups in total. The topological polar surface area (TPSA) is 49.8 Å². The first kappa shape index (κ1) is 14.9. The van der Waals surface area contributed by atoms with Crippen molar-refractivity contribution in [2.75, 3.05) is 17.2 Å². The lowest BCUT2D eigenvalue weighted by molar-refractivity contribution is 1.03. The molecule has 0 atom stereocenters. The monoisotopic (exact) mass is 310 g/mol. The fourth-order valence-corrected chi connectivity index (χ4v) is 2.23. The van der Waals surface area contributed by atoms with Gasteiger partial charge in [-0.2, -0.15) is 0 Å². The molecule has 0 unspecified atom stereocenters. The Kier molecular flexibility index (Phi) is 5.04. The van der Waals surface area contributed by atoms with E-state index in [2.05, 4.69) is 27.5 Å². The van der Waals surface area contributed by atoms with E-state index in [1.807, 2.05) is 6.92 Å². The molecule has 20 heavy (non-hydrogen) atoms. The van der Waals surface area contributed by atoms with Crippen LogP contribution in [0.15, 0.2) is 24.5 Å². The molecule has 1 heterocycles. The molecule has 2 rings (SSSR count). The zero-order valence-corrected chi connectivity index (χ0v) is 12.9. The number of rotatable bonds is 5. The maximum Gasteiger partial charge on any atom is 0.139 e. The number of benzene rings is 1. The molecule has 0 fully saturated rings. The van der Waals surface area contributed by atoms with Crippen molar-refractivity contribution in [2.45, 2.75) is 20.3 Å². The van der Waals surface area contributed by atoms with E-state index in [1.165, 1.54) is 6.33 Å². The summed E-state index contributed by atoms with van der Waals surface area (Å²) in [5.74, 6) is 1.58. The number of anilines is 3. The lowest BCUT2D eigenvalue weighted by atomic mass is 10.2. The summed E-state index contributed by atoms with van der Waals surface area (Å²) in [6.45, 7) is 4.90. The predicted molar refractivity (Wildman–Crippen MR) is 85.3 cm³/mol. The van der Waals surface area contributed by atoms with Gasteiger partial charge in [-0.05, 0) is 31.5 Å². The first-order chi connectivity index (χ1) is 9.65. The second-order valence-corrected chi connectivity index (χ2v) is 5.03. The molecule has 0 saturated heterocycles. The Bertz CT molecular complexity index is 602. The minimum Gasteiger partial charge on any atom is -0.370 e. The van der Waals surface area contributed by atoms with Crippen LogP contribution in [-0.4, -0.2) is 16.5 Å². The lowest BCUT2D eigenvalue weighted by Gasteiger charge is -2.14. The van der Waals surface area contributed by atoms with Crippen molar-refractivity contribution in [1.82, 2.24) is 9.97 Å². The van der Waals surface area contributed by atoms with Crippen LogP contribution in [0.1, 0.15) is 19.4 Å². The van der Waals surface area contributed by atoms with E-state index >= 15 is 0 Å². The molecule has 0 radical (unpaired) electrons. The SMILES string of the molecule is CCNc1ncnc(Nc2cc(Cl)ccc2Cl)c1CC. The molecular formula is C14H16Cl2N4. The molecule has 0 amide bonds. The van der Waals surface area contributed by atoms with E-state index in [0.29, 0.717) is 10.0 Å². The van der Waals surface area contributed by atoms with Gasteiger partial charge in [0.25, 0.3) is 0 Å². The highest BCUT2D eigenvalue weighted by Gasteiger charge is 2.11. The standard InChI is InChI=1S/C14H16Cl2N4/c1-3-10-13(17-4-2)18-8-19-14(10)20-12-7-9(15)5-6-11(12)16/h5-8H,3-4H2,1-2H3,(H2,17,18,19,20). The van der Waals surface area contributed by atoms with Crippen LogP contribution in [0.2, 0.25) is 10.0 Å². The van der Waals surface area contributed by atoms with Crippen molar-refractivity contribution in [3.05, 3.63) is 40.1 Å². The molecule has 0 aliphatic rings. The molecule has 0 spiro atoms. The van der Waals surface area contributed by atoms with Gasteiger partial charge in [0.2, 0.25) is 0 Å². The Morgan fingerprint density at radius 3 is 2.55 bits per heavy atom. The Morgan fingerprint density at radius 2 is 1.85 bits per heavy atom. The molecule has 6 heteroatoms. The maximum absolute atomic E-state index is 6.16. The molecule has 1 aromatic heterocycles. The summed E-state index contributed by atoms with van der Waals surface area (Å²) in [6.07, 6.45) is 2.33. The van der Waals surface area contributed by atoms with E-state index < -0.39 is 0 Å².